The highest BCUT2D eigenvalue weighted by Gasteiger charge is 2.53. The van der Waals surface area contributed by atoms with E-state index in [1.807, 2.05) is 0 Å². The van der Waals surface area contributed by atoms with Gasteiger partial charge in [0.1, 0.15) is 5.56 Å². The lowest BCUT2D eigenvalue weighted by Gasteiger charge is -2.59. The van der Waals surface area contributed by atoms with Crippen molar-refractivity contribution >= 4 is 29.2 Å². The first-order valence-electron chi connectivity index (χ1n) is 10.2. The molecule has 29 heavy (non-hydrogen) atoms. The van der Waals surface area contributed by atoms with Crippen molar-refractivity contribution in [3.05, 3.63) is 38.9 Å². The topological polar surface area (TPSA) is 98.5 Å². The summed E-state index contributed by atoms with van der Waals surface area (Å²) in [7, 11) is 0. The van der Waals surface area contributed by atoms with E-state index in [2.05, 4.69) is 12.2 Å². The Morgan fingerprint density at radius 2 is 1.83 bits per heavy atom. The molecule has 0 saturated heterocycles. The summed E-state index contributed by atoms with van der Waals surface area (Å²) in [5.41, 5.74) is -0.505. The van der Waals surface area contributed by atoms with Gasteiger partial charge in [0.2, 0.25) is 0 Å². The molecule has 4 aliphatic carbocycles. The lowest BCUT2D eigenvalue weighted by atomic mass is 9.48. The molecular formula is C21H25ClN2O5. The molecule has 4 bridgehead atoms. The second-order valence-corrected chi connectivity index (χ2v) is 9.50. The third-order valence-corrected chi connectivity index (χ3v) is 7.33. The maximum absolute atomic E-state index is 12.4. The van der Waals surface area contributed by atoms with Crippen LogP contribution in [0.4, 0.5) is 5.69 Å². The Morgan fingerprint density at radius 3 is 2.38 bits per heavy atom. The largest absolute Gasteiger partial charge is 0.452 e. The third kappa shape index (κ3) is 3.97. The van der Waals surface area contributed by atoms with Gasteiger partial charge in [0.15, 0.2) is 6.61 Å². The molecule has 156 valence electrons. The van der Waals surface area contributed by atoms with Crippen molar-refractivity contribution in [1.82, 2.24) is 5.32 Å². The molecule has 5 rings (SSSR count). The summed E-state index contributed by atoms with van der Waals surface area (Å²) in [6.45, 7) is 1.59. The van der Waals surface area contributed by atoms with Gasteiger partial charge in [0.05, 0.1) is 4.92 Å². The Balaban J connectivity index is 1.35. The average molecular weight is 421 g/mol. The number of halogens is 1. The van der Waals surface area contributed by atoms with Gasteiger partial charge in [-0.2, -0.15) is 0 Å². The van der Waals surface area contributed by atoms with Crippen LogP contribution < -0.4 is 5.32 Å². The normalized spacial score (nSPS) is 30.6. The molecule has 4 saturated carbocycles. The molecule has 0 spiro atoms. The lowest BCUT2D eigenvalue weighted by molar-refractivity contribution is -0.385. The van der Waals surface area contributed by atoms with Gasteiger partial charge >= 0.3 is 5.97 Å². The molecule has 1 amide bonds. The highest BCUT2D eigenvalue weighted by atomic mass is 35.5. The number of nitro groups is 1. The molecule has 1 atom stereocenters. The first kappa shape index (κ1) is 20.1. The van der Waals surface area contributed by atoms with Crippen molar-refractivity contribution in [2.24, 2.45) is 23.2 Å². The van der Waals surface area contributed by atoms with Gasteiger partial charge < -0.3 is 10.1 Å². The summed E-state index contributed by atoms with van der Waals surface area (Å²) in [5.74, 6) is 1.06. The second kappa shape index (κ2) is 7.59. The van der Waals surface area contributed by atoms with Gasteiger partial charge in [-0.1, -0.05) is 11.6 Å². The highest BCUT2D eigenvalue weighted by molar-refractivity contribution is 6.31. The van der Waals surface area contributed by atoms with Crippen LogP contribution in [0, 0.1) is 33.3 Å². The highest BCUT2D eigenvalue weighted by Crippen LogP contribution is 2.61. The summed E-state index contributed by atoms with van der Waals surface area (Å²) in [5, 5.41) is 14.3. The molecule has 4 fully saturated rings. The molecule has 0 heterocycles. The SMILES string of the molecule is C[C@H](NC(=O)COC(=O)c1ccc(Cl)cc1[N+](=O)[O-])C12CC3CC(CC(C3)C1)C2. The fourth-order valence-electron chi connectivity index (χ4n) is 6.18. The Labute approximate surface area is 174 Å². The molecule has 0 aliphatic heterocycles. The van der Waals surface area contributed by atoms with Crippen molar-refractivity contribution in [2.45, 2.75) is 51.5 Å². The van der Waals surface area contributed by atoms with Crippen LogP contribution in [-0.4, -0.2) is 29.4 Å². The minimum absolute atomic E-state index is 0.0203. The summed E-state index contributed by atoms with van der Waals surface area (Å²) < 4.78 is 5.04. The van der Waals surface area contributed by atoms with Crippen LogP contribution in [0.1, 0.15) is 55.8 Å². The number of ether oxygens (including phenoxy) is 1. The average Bonchev–Trinajstić information content (AvgIpc) is 2.65. The molecule has 0 aromatic heterocycles. The number of nitro benzene ring substituents is 1. The molecule has 1 aromatic rings. The van der Waals surface area contributed by atoms with Crippen molar-refractivity contribution in [1.29, 1.82) is 0 Å². The van der Waals surface area contributed by atoms with Crippen LogP contribution in [0.25, 0.3) is 0 Å². The van der Waals surface area contributed by atoms with Gasteiger partial charge in [-0.05, 0) is 80.8 Å². The van der Waals surface area contributed by atoms with Crippen molar-refractivity contribution in [3.8, 4) is 0 Å². The number of hydrogen-bond acceptors (Lipinski definition) is 5. The number of nitrogens with one attached hydrogen (secondary N) is 1. The van der Waals surface area contributed by atoms with Crippen LogP contribution in [0.3, 0.4) is 0 Å². The molecule has 7 nitrogen and oxygen atoms in total. The standard InChI is InChI=1S/C21H25ClN2O5/c1-12(21-8-13-4-14(9-21)6-15(5-13)10-21)23-19(25)11-29-20(26)17-3-2-16(22)7-18(17)24(27)28/h2-3,7,12-15H,4-6,8-11H2,1H3,(H,23,25)/t12-,13?,14?,15?,21?/m0/s1. The number of nitrogens with zero attached hydrogens (tertiary/aromatic N) is 1. The molecule has 0 radical (unpaired) electrons. The minimum Gasteiger partial charge on any atom is -0.452 e. The van der Waals surface area contributed by atoms with E-state index < -0.39 is 23.2 Å². The van der Waals surface area contributed by atoms with Crippen LogP contribution in [0.2, 0.25) is 5.02 Å². The Kier molecular flexibility index (Phi) is 5.27. The van der Waals surface area contributed by atoms with Crippen LogP contribution >= 0.6 is 11.6 Å². The zero-order valence-electron chi connectivity index (χ0n) is 16.4. The number of carbonyl (C=O) groups excluding carboxylic acids is 2. The van der Waals surface area contributed by atoms with E-state index in [9.17, 15) is 19.7 Å². The van der Waals surface area contributed by atoms with Crippen molar-refractivity contribution in [3.63, 3.8) is 0 Å². The maximum atomic E-state index is 12.4. The van der Waals surface area contributed by atoms with Gasteiger partial charge in [-0.3, -0.25) is 14.9 Å². The first-order valence-corrected chi connectivity index (χ1v) is 10.5. The van der Waals surface area contributed by atoms with Crippen LogP contribution in [0.5, 0.6) is 0 Å². The number of esters is 1. The molecule has 1 N–H and O–H groups in total. The van der Waals surface area contributed by atoms with Gasteiger partial charge in [0.25, 0.3) is 11.6 Å². The molecule has 0 unspecified atom stereocenters. The summed E-state index contributed by atoms with van der Waals surface area (Å²) >= 11 is 5.76. The molecule has 4 aliphatic rings. The van der Waals surface area contributed by atoms with Gasteiger partial charge in [0, 0.05) is 17.1 Å². The van der Waals surface area contributed by atoms with Crippen molar-refractivity contribution in [2.75, 3.05) is 6.61 Å². The number of carbonyl (C=O) groups is 2. The minimum atomic E-state index is -0.911. The number of amides is 1. The van der Waals surface area contributed by atoms with Crippen LogP contribution in [0.15, 0.2) is 18.2 Å². The predicted octanol–water partition coefficient (Wildman–Crippen LogP) is 4.13. The first-order chi connectivity index (χ1) is 13.8. The monoisotopic (exact) mass is 420 g/mol. The summed E-state index contributed by atoms with van der Waals surface area (Å²) in [6, 6.07) is 3.72. The number of rotatable bonds is 6. The fraction of sp³-hybridized carbons (Fsp3) is 0.619. The van der Waals surface area contributed by atoms with E-state index in [1.165, 1.54) is 31.4 Å². The lowest BCUT2D eigenvalue weighted by Crippen LogP contribution is -2.56. The molecular weight excluding hydrogens is 396 g/mol. The summed E-state index contributed by atoms with van der Waals surface area (Å²) in [6.07, 6.45) is 7.48. The zero-order valence-corrected chi connectivity index (χ0v) is 17.1. The van der Waals surface area contributed by atoms with Crippen LogP contribution in [-0.2, 0) is 9.53 Å². The predicted molar refractivity (Wildman–Crippen MR) is 107 cm³/mol. The van der Waals surface area contributed by atoms with Gasteiger partial charge in [-0.25, -0.2) is 4.79 Å². The van der Waals surface area contributed by atoms with Gasteiger partial charge in [-0.15, -0.1) is 0 Å². The van der Waals surface area contributed by atoms with E-state index >= 15 is 0 Å². The third-order valence-electron chi connectivity index (χ3n) is 7.09. The smallest absolute Gasteiger partial charge is 0.345 e. The van der Waals surface area contributed by atoms with E-state index in [4.69, 9.17) is 16.3 Å². The fourth-order valence-corrected chi connectivity index (χ4v) is 6.35. The van der Waals surface area contributed by atoms with E-state index in [1.54, 1.807) is 0 Å². The summed E-state index contributed by atoms with van der Waals surface area (Å²) in [4.78, 5) is 35.1. The number of hydrogen-bond donors (Lipinski definition) is 1. The van der Waals surface area contributed by atoms with Crippen molar-refractivity contribution < 1.29 is 19.2 Å². The quantitative estimate of drug-likeness (QED) is 0.424. The molecule has 8 heteroatoms. The second-order valence-electron chi connectivity index (χ2n) is 9.06. The van der Waals surface area contributed by atoms with E-state index in [-0.39, 0.29) is 28.0 Å². The Bertz CT molecular complexity index is 820. The zero-order chi connectivity index (χ0) is 20.8. The van der Waals surface area contributed by atoms with E-state index in [0.717, 1.165) is 43.1 Å². The maximum Gasteiger partial charge on any atom is 0.345 e. The number of benzene rings is 1. The molecule has 1 aromatic carbocycles. The Hall–Kier alpha value is -2.15. The Morgan fingerprint density at radius 1 is 1.24 bits per heavy atom. The van der Waals surface area contributed by atoms with E-state index in [0.29, 0.717) is 0 Å².